The summed E-state index contributed by atoms with van der Waals surface area (Å²) >= 11 is 0. The van der Waals surface area contributed by atoms with E-state index in [0.29, 0.717) is 29.4 Å². The molecule has 1 aliphatic rings. The molecule has 26 heavy (non-hydrogen) atoms. The Kier molecular flexibility index (Phi) is 4.16. The lowest BCUT2D eigenvalue weighted by atomic mass is 10.1. The molecule has 4 rings (SSSR count). The molecular formula is C18H19N5O3. The SMILES string of the molecule is COc1ccc(C(=O)N2CCC[C@H]2c2ccnc3ncnn23)c(OC)c1. The van der Waals surface area contributed by atoms with Gasteiger partial charge in [0.05, 0.1) is 31.5 Å². The van der Waals surface area contributed by atoms with Crippen LogP contribution in [-0.2, 0) is 0 Å². The van der Waals surface area contributed by atoms with Gasteiger partial charge < -0.3 is 14.4 Å². The molecule has 134 valence electrons. The van der Waals surface area contributed by atoms with Crippen molar-refractivity contribution in [3.05, 3.63) is 48.0 Å². The van der Waals surface area contributed by atoms with E-state index in [4.69, 9.17) is 9.47 Å². The third kappa shape index (κ3) is 2.63. The van der Waals surface area contributed by atoms with Crippen LogP contribution < -0.4 is 9.47 Å². The number of methoxy groups -OCH3 is 2. The third-order valence-corrected chi connectivity index (χ3v) is 4.70. The topological polar surface area (TPSA) is 81.9 Å². The third-order valence-electron chi connectivity index (χ3n) is 4.70. The van der Waals surface area contributed by atoms with Crippen LogP contribution in [0.15, 0.2) is 36.8 Å². The minimum Gasteiger partial charge on any atom is -0.497 e. The van der Waals surface area contributed by atoms with Gasteiger partial charge in [-0.3, -0.25) is 4.79 Å². The first-order chi connectivity index (χ1) is 12.7. The van der Waals surface area contributed by atoms with Crippen molar-refractivity contribution >= 4 is 11.7 Å². The van der Waals surface area contributed by atoms with Crippen molar-refractivity contribution in [2.24, 2.45) is 0 Å². The van der Waals surface area contributed by atoms with Crippen molar-refractivity contribution < 1.29 is 14.3 Å². The Labute approximate surface area is 150 Å². The number of hydrogen-bond donors (Lipinski definition) is 0. The van der Waals surface area contributed by atoms with Crippen molar-refractivity contribution in [3.63, 3.8) is 0 Å². The van der Waals surface area contributed by atoms with E-state index in [1.165, 1.54) is 6.33 Å². The highest BCUT2D eigenvalue weighted by Crippen LogP contribution is 2.35. The summed E-state index contributed by atoms with van der Waals surface area (Å²) in [5.41, 5.74) is 1.43. The fourth-order valence-electron chi connectivity index (χ4n) is 3.46. The maximum absolute atomic E-state index is 13.2. The second kappa shape index (κ2) is 6.62. The first kappa shape index (κ1) is 16.3. The Bertz CT molecular complexity index is 955. The normalized spacial score (nSPS) is 16.8. The number of benzene rings is 1. The van der Waals surface area contributed by atoms with E-state index in [0.717, 1.165) is 18.5 Å². The standard InChI is InChI=1S/C18H19N5O3/c1-25-12-5-6-13(16(10-12)26-2)17(24)22-9-3-4-14(22)15-7-8-19-18-20-11-21-23(15)18/h5-8,10-11,14H,3-4,9H2,1-2H3/t14-/m0/s1. The van der Waals surface area contributed by atoms with Crippen LogP contribution in [0, 0.1) is 0 Å². The molecule has 0 saturated carbocycles. The van der Waals surface area contributed by atoms with E-state index in [9.17, 15) is 4.79 Å². The second-order valence-electron chi connectivity index (χ2n) is 6.06. The predicted octanol–water partition coefficient (Wildman–Crippen LogP) is 2.12. The highest BCUT2D eigenvalue weighted by atomic mass is 16.5. The number of fused-ring (bicyclic) bond motifs is 1. The van der Waals surface area contributed by atoms with E-state index in [2.05, 4.69) is 15.1 Å². The van der Waals surface area contributed by atoms with Crippen LogP contribution in [0.5, 0.6) is 11.5 Å². The summed E-state index contributed by atoms with van der Waals surface area (Å²) in [5, 5.41) is 4.25. The lowest BCUT2D eigenvalue weighted by molar-refractivity contribution is 0.0728. The molecule has 3 aromatic rings. The summed E-state index contributed by atoms with van der Waals surface area (Å²) in [7, 11) is 3.13. The number of carbonyl (C=O) groups excluding carboxylic acids is 1. The van der Waals surface area contributed by atoms with E-state index in [1.807, 2.05) is 11.0 Å². The molecule has 1 amide bonds. The largest absolute Gasteiger partial charge is 0.497 e. The Hall–Kier alpha value is -3.16. The van der Waals surface area contributed by atoms with Gasteiger partial charge in [-0.05, 0) is 31.0 Å². The molecule has 0 aliphatic carbocycles. The van der Waals surface area contributed by atoms with Gasteiger partial charge in [-0.25, -0.2) is 4.98 Å². The van der Waals surface area contributed by atoms with Gasteiger partial charge in [-0.1, -0.05) is 0 Å². The van der Waals surface area contributed by atoms with Crippen molar-refractivity contribution in [1.29, 1.82) is 0 Å². The van der Waals surface area contributed by atoms with Crippen LogP contribution in [-0.4, -0.2) is 51.2 Å². The molecular weight excluding hydrogens is 334 g/mol. The fraction of sp³-hybridized carbons (Fsp3) is 0.333. The Morgan fingerprint density at radius 1 is 1.19 bits per heavy atom. The summed E-state index contributed by atoms with van der Waals surface area (Å²) in [4.78, 5) is 23.4. The van der Waals surface area contributed by atoms with Gasteiger partial charge in [-0.15, -0.1) is 0 Å². The van der Waals surface area contributed by atoms with Crippen LogP contribution in [0.3, 0.4) is 0 Å². The molecule has 0 spiro atoms. The summed E-state index contributed by atoms with van der Waals surface area (Å²) in [6, 6.07) is 7.04. The summed E-state index contributed by atoms with van der Waals surface area (Å²) in [6.07, 6.45) is 4.96. The predicted molar refractivity (Wildman–Crippen MR) is 93.3 cm³/mol. The molecule has 3 heterocycles. The number of hydrogen-bond acceptors (Lipinski definition) is 6. The Morgan fingerprint density at radius 3 is 2.88 bits per heavy atom. The minimum absolute atomic E-state index is 0.0721. The Morgan fingerprint density at radius 2 is 2.08 bits per heavy atom. The van der Waals surface area contributed by atoms with Gasteiger partial charge in [0, 0.05) is 18.8 Å². The van der Waals surface area contributed by atoms with Gasteiger partial charge in [0.2, 0.25) is 0 Å². The zero-order chi connectivity index (χ0) is 18.1. The number of rotatable bonds is 4. The zero-order valence-electron chi connectivity index (χ0n) is 14.6. The second-order valence-corrected chi connectivity index (χ2v) is 6.06. The van der Waals surface area contributed by atoms with Crippen LogP contribution >= 0.6 is 0 Å². The number of ether oxygens (including phenoxy) is 2. The smallest absolute Gasteiger partial charge is 0.258 e. The molecule has 1 atom stereocenters. The average Bonchev–Trinajstić information content (AvgIpc) is 3.35. The molecule has 1 aliphatic heterocycles. The van der Waals surface area contributed by atoms with Crippen LogP contribution in [0.4, 0.5) is 0 Å². The van der Waals surface area contributed by atoms with Crippen molar-refractivity contribution in [2.45, 2.75) is 18.9 Å². The molecule has 1 fully saturated rings. The molecule has 0 bridgehead atoms. The molecule has 8 heteroatoms. The molecule has 8 nitrogen and oxygen atoms in total. The summed E-state index contributed by atoms with van der Waals surface area (Å²) in [6.45, 7) is 0.678. The number of likely N-dealkylation sites (tertiary alicyclic amines) is 1. The van der Waals surface area contributed by atoms with Crippen molar-refractivity contribution in [3.8, 4) is 11.5 Å². The highest BCUT2D eigenvalue weighted by Gasteiger charge is 2.33. The lowest BCUT2D eigenvalue weighted by Gasteiger charge is -2.26. The van der Waals surface area contributed by atoms with Gasteiger partial charge >= 0.3 is 0 Å². The quantitative estimate of drug-likeness (QED) is 0.715. The van der Waals surface area contributed by atoms with E-state index < -0.39 is 0 Å². The van der Waals surface area contributed by atoms with Crippen LogP contribution in [0.2, 0.25) is 0 Å². The highest BCUT2D eigenvalue weighted by molar-refractivity contribution is 5.97. The van der Waals surface area contributed by atoms with Crippen molar-refractivity contribution in [2.75, 3.05) is 20.8 Å². The number of nitrogens with zero attached hydrogens (tertiary/aromatic N) is 5. The van der Waals surface area contributed by atoms with E-state index in [-0.39, 0.29) is 11.9 Å². The fourth-order valence-corrected chi connectivity index (χ4v) is 3.46. The average molecular weight is 353 g/mol. The first-order valence-electron chi connectivity index (χ1n) is 8.40. The molecule has 1 saturated heterocycles. The molecule has 0 radical (unpaired) electrons. The minimum atomic E-state index is -0.0819. The Balaban J connectivity index is 1.71. The van der Waals surface area contributed by atoms with Crippen molar-refractivity contribution in [1.82, 2.24) is 24.5 Å². The zero-order valence-corrected chi connectivity index (χ0v) is 14.6. The van der Waals surface area contributed by atoms with E-state index in [1.54, 1.807) is 43.1 Å². The molecule has 1 aromatic carbocycles. The molecule has 0 N–H and O–H groups in total. The number of aromatic nitrogens is 4. The molecule has 0 unspecified atom stereocenters. The monoisotopic (exact) mass is 353 g/mol. The van der Waals surface area contributed by atoms with Crippen LogP contribution in [0.1, 0.15) is 34.9 Å². The lowest BCUT2D eigenvalue weighted by Crippen LogP contribution is -2.32. The van der Waals surface area contributed by atoms with Gasteiger partial charge in [0.1, 0.15) is 17.8 Å². The van der Waals surface area contributed by atoms with Gasteiger partial charge in [0.25, 0.3) is 11.7 Å². The molecule has 2 aromatic heterocycles. The number of amides is 1. The van der Waals surface area contributed by atoms with E-state index >= 15 is 0 Å². The first-order valence-corrected chi connectivity index (χ1v) is 8.40. The van der Waals surface area contributed by atoms with Crippen LogP contribution in [0.25, 0.3) is 5.78 Å². The summed E-state index contributed by atoms with van der Waals surface area (Å²) in [5.74, 6) is 1.61. The van der Waals surface area contributed by atoms with Gasteiger partial charge in [0.15, 0.2) is 0 Å². The number of carbonyl (C=O) groups is 1. The maximum atomic E-state index is 13.2. The maximum Gasteiger partial charge on any atom is 0.258 e. The summed E-state index contributed by atoms with van der Waals surface area (Å²) < 4.78 is 12.3. The van der Waals surface area contributed by atoms with Gasteiger partial charge in [-0.2, -0.15) is 14.6 Å².